The zero-order valence-corrected chi connectivity index (χ0v) is 12.9. The highest BCUT2D eigenvalue weighted by Gasteiger charge is 1.99. The van der Waals surface area contributed by atoms with Crippen LogP contribution in [0, 0.1) is 6.92 Å². The highest BCUT2D eigenvalue weighted by Crippen LogP contribution is 2.15. The molecule has 0 unspecified atom stereocenters. The summed E-state index contributed by atoms with van der Waals surface area (Å²) in [4.78, 5) is 0. The van der Waals surface area contributed by atoms with Crippen LogP contribution in [0.4, 0.5) is 5.69 Å². The molecular weight excluding hydrogens is 266 g/mol. The van der Waals surface area contributed by atoms with Crippen molar-refractivity contribution in [2.75, 3.05) is 5.73 Å². The Labute approximate surface area is 132 Å². The van der Waals surface area contributed by atoms with Crippen molar-refractivity contribution in [2.45, 2.75) is 19.8 Å². The Kier molecular flexibility index (Phi) is 4.24. The Morgan fingerprint density at radius 3 is 1.27 bits per heavy atom. The van der Waals surface area contributed by atoms with Crippen LogP contribution in [0.15, 0.2) is 72.8 Å². The Hall–Kier alpha value is -2.54. The lowest BCUT2D eigenvalue weighted by molar-refractivity contribution is 1.15. The molecule has 3 aromatic carbocycles. The van der Waals surface area contributed by atoms with Gasteiger partial charge in [-0.25, -0.2) is 0 Å². The summed E-state index contributed by atoms with van der Waals surface area (Å²) in [5, 5.41) is 0. The highest BCUT2D eigenvalue weighted by atomic mass is 14.5. The van der Waals surface area contributed by atoms with Crippen LogP contribution < -0.4 is 5.73 Å². The molecule has 0 radical (unpaired) electrons. The van der Waals surface area contributed by atoms with Crippen LogP contribution in [-0.2, 0) is 12.8 Å². The molecule has 0 saturated heterocycles. The molecule has 0 aliphatic carbocycles. The minimum absolute atomic E-state index is 0.817. The minimum Gasteiger partial charge on any atom is -0.399 e. The van der Waals surface area contributed by atoms with Crippen molar-refractivity contribution >= 4 is 5.69 Å². The average Bonchev–Trinajstić information content (AvgIpc) is 2.54. The molecule has 0 saturated carbocycles. The van der Waals surface area contributed by atoms with Crippen LogP contribution in [0.1, 0.15) is 27.8 Å². The summed E-state index contributed by atoms with van der Waals surface area (Å²) in [6, 6.07) is 25.8. The third-order valence-electron chi connectivity index (χ3n) is 3.94. The van der Waals surface area contributed by atoms with Gasteiger partial charge in [-0.1, -0.05) is 66.2 Å². The standard InChI is InChI=1S/C21H21N/c1-16-2-4-17(5-3-16)14-18-6-8-19(9-7-18)15-20-10-12-21(22)13-11-20/h2-13H,14-15,22H2,1H3. The minimum atomic E-state index is 0.817. The van der Waals surface area contributed by atoms with Gasteiger partial charge < -0.3 is 5.73 Å². The third kappa shape index (κ3) is 3.76. The van der Waals surface area contributed by atoms with Crippen LogP contribution in [-0.4, -0.2) is 0 Å². The highest BCUT2D eigenvalue weighted by molar-refractivity contribution is 5.41. The summed E-state index contributed by atoms with van der Waals surface area (Å²) in [6.07, 6.45) is 1.94. The van der Waals surface area contributed by atoms with Crippen molar-refractivity contribution in [3.63, 3.8) is 0 Å². The van der Waals surface area contributed by atoms with E-state index in [4.69, 9.17) is 5.73 Å². The second-order valence-electron chi connectivity index (χ2n) is 5.90. The summed E-state index contributed by atoms with van der Waals surface area (Å²) < 4.78 is 0. The van der Waals surface area contributed by atoms with E-state index in [1.165, 1.54) is 27.8 Å². The first-order valence-corrected chi connectivity index (χ1v) is 7.67. The average molecular weight is 287 g/mol. The van der Waals surface area contributed by atoms with Crippen molar-refractivity contribution in [1.82, 2.24) is 0 Å². The molecule has 0 aromatic heterocycles. The molecule has 0 bridgehead atoms. The molecule has 0 amide bonds. The van der Waals surface area contributed by atoms with Crippen LogP contribution in [0.2, 0.25) is 0 Å². The van der Waals surface area contributed by atoms with Gasteiger partial charge in [0.2, 0.25) is 0 Å². The van der Waals surface area contributed by atoms with Crippen LogP contribution in [0.5, 0.6) is 0 Å². The smallest absolute Gasteiger partial charge is 0.0314 e. The summed E-state index contributed by atoms with van der Waals surface area (Å²) in [5.74, 6) is 0. The van der Waals surface area contributed by atoms with Crippen LogP contribution in [0.25, 0.3) is 0 Å². The molecule has 0 spiro atoms. The van der Waals surface area contributed by atoms with E-state index >= 15 is 0 Å². The first kappa shape index (κ1) is 14.4. The fraction of sp³-hybridized carbons (Fsp3) is 0.143. The molecule has 0 aliphatic heterocycles. The van der Waals surface area contributed by atoms with E-state index in [1.807, 2.05) is 12.1 Å². The van der Waals surface area contributed by atoms with E-state index in [1.54, 1.807) is 0 Å². The number of nitrogen functional groups attached to an aromatic ring is 1. The maximum absolute atomic E-state index is 5.72. The van der Waals surface area contributed by atoms with Gasteiger partial charge in [0.1, 0.15) is 0 Å². The van der Waals surface area contributed by atoms with Gasteiger partial charge in [-0.15, -0.1) is 0 Å². The van der Waals surface area contributed by atoms with Crippen molar-refractivity contribution in [2.24, 2.45) is 0 Å². The van der Waals surface area contributed by atoms with Gasteiger partial charge in [0.05, 0.1) is 0 Å². The predicted octanol–water partition coefficient (Wildman–Crippen LogP) is 4.76. The predicted molar refractivity (Wildman–Crippen MR) is 94.1 cm³/mol. The number of nitrogens with two attached hydrogens (primary N) is 1. The molecule has 1 heteroatoms. The van der Waals surface area contributed by atoms with Gasteiger partial charge in [-0.3, -0.25) is 0 Å². The van der Waals surface area contributed by atoms with E-state index in [0.29, 0.717) is 0 Å². The lowest BCUT2D eigenvalue weighted by Crippen LogP contribution is -1.92. The quantitative estimate of drug-likeness (QED) is 0.688. The molecular formula is C21H21N. The SMILES string of the molecule is Cc1ccc(Cc2ccc(Cc3ccc(N)cc3)cc2)cc1. The molecule has 0 atom stereocenters. The monoisotopic (exact) mass is 287 g/mol. The lowest BCUT2D eigenvalue weighted by atomic mass is 10.00. The number of aryl methyl sites for hydroxylation is 1. The summed E-state index contributed by atoms with van der Waals surface area (Å²) in [6.45, 7) is 2.12. The number of benzene rings is 3. The largest absolute Gasteiger partial charge is 0.399 e. The van der Waals surface area contributed by atoms with Gasteiger partial charge in [-0.05, 0) is 54.2 Å². The van der Waals surface area contributed by atoms with Crippen LogP contribution in [0.3, 0.4) is 0 Å². The lowest BCUT2D eigenvalue weighted by Gasteiger charge is -2.06. The normalized spacial score (nSPS) is 10.6. The van der Waals surface area contributed by atoms with Crippen LogP contribution >= 0.6 is 0 Å². The first-order chi connectivity index (χ1) is 10.7. The van der Waals surface area contributed by atoms with E-state index < -0.39 is 0 Å². The topological polar surface area (TPSA) is 26.0 Å². The molecule has 22 heavy (non-hydrogen) atoms. The van der Waals surface area contributed by atoms with Crippen molar-refractivity contribution in [3.05, 3.63) is 101 Å². The van der Waals surface area contributed by atoms with Crippen molar-refractivity contribution in [1.29, 1.82) is 0 Å². The molecule has 2 N–H and O–H groups in total. The fourth-order valence-corrected chi connectivity index (χ4v) is 2.59. The van der Waals surface area contributed by atoms with E-state index in [9.17, 15) is 0 Å². The van der Waals surface area contributed by atoms with Crippen molar-refractivity contribution < 1.29 is 0 Å². The Morgan fingerprint density at radius 2 is 0.864 bits per heavy atom. The Balaban J connectivity index is 1.67. The number of hydrogen-bond acceptors (Lipinski definition) is 1. The molecule has 110 valence electrons. The van der Waals surface area contributed by atoms with E-state index in [0.717, 1.165) is 18.5 Å². The summed E-state index contributed by atoms with van der Waals surface area (Å²) >= 11 is 0. The molecule has 3 aromatic rings. The maximum Gasteiger partial charge on any atom is 0.0314 e. The third-order valence-corrected chi connectivity index (χ3v) is 3.94. The molecule has 0 heterocycles. The zero-order valence-electron chi connectivity index (χ0n) is 12.9. The fourth-order valence-electron chi connectivity index (χ4n) is 2.59. The molecule has 1 nitrogen and oxygen atoms in total. The number of anilines is 1. The Morgan fingerprint density at radius 1 is 0.545 bits per heavy atom. The van der Waals surface area contributed by atoms with E-state index in [2.05, 4.69) is 67.6 Å². The molecule has 0 fully saturated rings. The van der Waals surface area contributed by atoms with Gasteiger partial charge in [0.25, 0.3) is 0 Å². The number of rotatable bonds is 4. The van der Waals surface area contributed by atoms with Gasteiger partial charge >= 0.3 is 0 Å². The number of hydrogen-bond donors (Lipinski definition) is 1. The summed E-state index contributed by atoms with van der Waals surface area (Å²) in [7, 11) is 0. The first-order valence-electron chi connectivity index (χ1n) is 7.67. The second kappa shape index (κ2) is 6.48. The van der Waals surface area contributed by atoms with E-state index in [-0.39, 0.29) is 0 Å². The second-order valence-corrected chi connectivity index (χ2v) is 5.90. The maximum atomic E-state index is 5.72. The van der Waals surface area contributed by atoms with Gasteiger partial charge in [0.15, 0.2) is 0 Å². The van der Waals surface area contributed by atoms with Gasteiger partial charge in [-0.2, -0.15) is 0 Å². The molecule has 0 aliphatic rings. The molecule has 3 rings (SSSR count). The Bertz CT molecular complexity index is 656. The zero-order chi connectivity index (χ0) is 15.4. The van der Waals surface area contributed by atoms with Crippen molar-refractivity contribution in [3.8, 4) is 0 Å². The van der Waals surface area contributed by atoms with Gasteiger partial charge in [0, 0.05) is 5.69 Å². The summed E-state index contributed by atoms with van der Waals surface area (Å²) in [5.41, 5.74) is 13.2.